The maximum atomic E-state index is 5.44. The van der Waals surface area contributed by atoms with E-state index in [9.17, 15) is 0 Å². The van der Waals surface area contributed by atoms with Gasteiger partial charge in [-0.05, 0) is 48.2 Å². The molecule has 7 heteroatoms. The Hall–Kier alpha value is -2.96. The summed E-state index contributed by atoms with van der Waals surface area (Å²) >= 11 is 0. The number of aliphatic imine (C=N–C) groups is 1. The molecule has 2 aromatic rings. The van der Waals surface area contributed by atoms with Crippen molar-refractivity contribution in [3.63, 3.8) is 0 Å². The first kappa shape index (κ1) is 19.4. The molecule has 1 aromatic heterocycles. The van der Waals surface area contributed by atoms with E-state index < -0.39 is 0 Å². The van der Waals surface area contributed by atoms with Gasteiger partial charge in [0.1, 0.15) is 5.82 Å². The predicted octanol–water partition coefficient (Wildman–Crippen LogP) is 3.06. The molecule has 0 amide bonds. The number of nitrogens with zero attached hydrogens (tertiary/aromatic N) is 3. The molecule has 3 heterocycles. The molecule has 154 valence electrons. The fourth-order valence-electron chi connectivity index (χ4n) is 3.69. The number of guanidine groups is 1. The van der Waals surface area contributed by atoms with Crippen molar-refractivity contribution in [3.05, 3.63) is 47.7 Å². The first-order valence-corrected chi connectivity index (χ1v) is 10.3. The summed E-state index contributed by atoms with van der Waals surface area (Å²) in [5.74, 6) is 3.43. The van der Waals surface area contributed by atoms with Crippen LogP contribution in [0.2, 0.25) is 0 Å². The van der Waals surface area contributed by atoms with Crippen LogP contribution in [0.1, 0.15) is 36.8 Å². The van der Waals surface area contributed by atoms with Gasteiger partial charge in [-0.25, -0.2) is 4.98 Å². The molecular weight excluding hydrogens is 366 g/mol. The monoisotopic (exact) mass is 395 g/mol. The zero-order valence-electron chi connectivity index (χ0n) is 17.0. The lowest BCUT2D eigenvalue weighted by atomic mass is 10.2. The number of hydrogen-bond acceptors (Lipinski definition) is 5. The Morgan fingerprint density at radius 3 is 2.45 bits per heavy atom. The molecule has 29 heavy (non-hydrogen) atoms. The number of pyridine rings is 1. The summed E-state index contributed by atoms with van der Waals surface area (Å²) in [5, 5.41) is 6.74. The van der Waals surface area contributed by atoms with Gasteiger partial charge in [-0.3, -0.25) is 4.99 Å². The van der Waals surface area contributed by atoms with Crippen molar-refractivity contribution < 1.29 is 9.47 Å². The highest BCUT2D eigenvalue weighted by atomic mass is 16.7. The van der Waals surface area contributed by atoms with E-state index >= 15 is 0 Å². The number of benzene rings is 1. The summed E-state index contributed by atoms with van der Waals surface area (Å²) in [6, 6.07) is 10.2. The minimum absolute atomic E-state index is 0.292. The fraction of sp³-hybridized carbons (Fsp3) is 0.455. The molecule has 0 aliphatic carbocycles. The molecular formula is C22H29N5O2. The fourth-order valence-corrected chi connectivity index (χ4v) is 3.69. The number of hydrogen-bond donors (Lipinski definition) is 2. The topological polar surface area (TPSA) is 71.0 Å². The van der Waals surface area contributed by atoms with Crippen LogP contribution in [0.4, 0.5) is 5.82 Å². The van der Waals surface area contributed by atoms with Crippen LogP contribution in [-0.2, 0) is 13.1 Å². The minimum atomic E-state index is 0.292. The maximum absolute atomic E-state index is 5.44. The predicted molar refractivity (Wildman–Crippen MR) is 115 cm³/mol. The van der Waals surface area contributed by atoms with Gasteiger partial charge in [-0.1, -0.05) is 18.9 Å². The Balaban J connectivity index is 1.31. The second-order valence-electron chi connectivity index (χ2n) is 7.39. The van der Waals surface area contributed by atoms with Gasteiger partial charge in [0.2, 0.25) is 6.79 Å². The largest absolute Gasteiger partial charge is 0.454 e. The summed E-state index contributed by atoms with van der Waals surface area (Å²) in [5.41, 5.74) is 2.31. The Morgan fingerprint density at radius 2 is 1.69 bits per heavy atom. The van der Waals surface area contributed by atoms with Crippen molar-refractivity contribution in [2.45, 2.75) is 38.8 Å². The van der Waals surface area contributed by atoms with Crippen LogP contribution in [0, 0.1) is 0 Å². The normalized spacial score (nSPS) is 16.4. The van der Waals surface area contributed by atoms with Crippen LogP contribution >= 0.6 is 0 Å². The quantitative estimate of drug-likeness (QED) is 0.599. The van der Waals surface area contributed by atoms with Crippen LogP contribution in [0.15, 0.2) is 41.5 Å². The average Bonchev–Trinajstić information content (AvgIpc) is 3.05. The molecule has 0 radical (unpaired) electrons. The van der Waals surface area contributed by atoms with E-state index in [-0.39, 0.29) is 0 Å². The molecule has 1 fully saturated rings. The zero-order valence-corrected chi connectivity index (χ0v) is 17.0. The first-order chi connectivity index (χ1) is 14.3. The van der Waals surface area contributed by atoms with Gasteiger partial charge in [0.15, 0.2) is 17.5 Å². The molecule has 1 saturated heterocycles. The Morgan fingerprint density at radius 1 is 0.966 bits per heavy atom. The lowest BCUT2D eigenvalue weighted by Gasteiger charge is -2.22. The van der Waals surface area contributed by atoms with Crippen molar-refractivity contribution in [1.29, 1.82) is 0 Å². The summed E-state index contributed by atoms with van der Waals surface area (Å²) in [4.78, 5) is 11.3. The van der Waals surface area contributed by atoms with Gasteiger partial charge in [0.25, 0.3) is 0 Å². The third-order valence-corrected chi connectivity index (χ3v) is 5.32. The highest BCUT2D eigenvalue weighted by Gasteiger charge is 2.14. The number of rotatable bonds is 5. The van der Waals surface area contributed by atoms with E-state index in [0.29, 0.717) is 19.9 Å². The molecule has 0 bridgehead atoms. The number of fused-ring (bicyclic) bond motifs is 1. The molecule has 0 spiro atoms. The van der Waals surface area contributed by atoms with Crippen LogP contribution in [0.3, 0.4) is 0 Å². The molecule has 4 rings (SSSR count). The number of ether oxygens (including phenoxy) is 2. The molecule has 7 nitrogen and oxygen atoms in total. The standard InChI is InChI=1S/C22H29N5O2/c1-23-22(25-14-17-6-7-19-20(12-17)29-16-28-19)26-15-18-8-9-24-21(13-18)27-10-4-2-3-5-11-27/h6-9,12-13H,2-5,10-11,14-16H2,1H3,(H2,23,25,26). The molecule has 0 unspecified atom stereocenters. The van der Waals surface area contributed by atoms with Gasteiger partial charge in [-0.2, -0.15) is 0 Å². The van der Waals surface area contributed by atoms with Crippen LogP contribution in [-0.4, -0.2) is 37.9 Å². The van der Waals surface area contributed by atoms with E-state index in [0.717, 1.165) is 41.9 Å². The lowest BCUT2D eigenvalue weighted by Crippen LogP contribution is -2.36. The SMILES string of the molecule is CN=C(NCc1ccnc(N2CCCCCC2)c1)NCc1ccc2c(c1)OCO2. The van der Waals surface area contributed by atoms with Crippen molar-refractivity contribution in [1.82, 2.24) is 15.6 Å². The molecule has 2 aliphatic rings. The third kappa shape index (κ3) is 5.10. The summed E-state index contributed by atoms with van der Waals surface area (Å²) in [6.45, 7) is 3.85. The van der Waals surface area contributed by atoms with E-state index in [2.05, 4.69) is 37.6 Å². The summed E-state index contributed by atoms with van der Waals surface area (Å²) in [7, 11) is 1.78. The Labute approximate surface area is 172 Å². The Kier molecular flexibility index (Phi) is 6.34. The third-order valence-electron chi connectivity index (χ3n) is 5.32. The van der Waals surface area contributed by atoms with Gasteiger partial charge >= 0.3 is 0 Å². The smallest absolute Gasteiger partial charge is 0.231 e. The minimum Gasteiger partial charge on any atom is -0.454 e. The second kappa shape index (κ2) is 9.49. The van der Waals surface area contributed by atoms with Crippen molar-refractivity contribution in [2.75, 3.05) is 31.8 Å². The van der Waals surface area contributed by atoms with Gasteiger partial charge < -0.3 is 25.0 Å². The second-order valence-corrected chi connectivity index (χ2v) is 7.39. The highest BCUT2D eigenvalue weighted by Crippen LogP contribution is 2.32. The average molecular weight is 396 g/mol. The molecule has 0 saturated carbocycles. The van der Waals surface area contributed by atoms with E-state index in [1.54, 1.807) is 7.05 Å². The molecule has 0 atom stereocenters. The Bertz CT molecular complexity index is 847. The molecule has 1 aromatic carbocycles. The summed E-state index contributed by atoms with van der Waals surface area (Å²) in [6.07, 6.45) is 7.05. The first-order valence-electron chi connectivity index (χ1n) is 10.3. The van der Waals surface area contributed by atoms with Crippen molar-refractivity contribution in [2.24, 2.45) is 4.99 Å². The van der Waals surface area contributed by atoms with Crippen LogP contribution < -0.4 is 25.0 Å². The molecule has 2 N–H and O–H groups in total. The highest BCUT2D eigenvalue weighted by molar-refractivity contribution is 5.79. The molecule has 2 aliphatic heterocycles. The van der Waals surface area contributed by atoms with Crippen LogP contribution in [0.25, 0.3) is 0 Å². The lowest BCUT2D eigenvalue weighted by molar-refractivity contribution is 0.174. The van der Waals surface area contributed by atoms with E-state index in [1.165, 1.54) is 31.2 Å². The van der Waals surface area contributed by atoms with Crippen LogP contribution in [0.5, 0.6) is 11.5 Å². The number of nitrogens with one attached hydrogen (secondary N) is 2. The van der Waals surface area contributed by atoms with Gasteiger partial charge in [0, 0.05) is 39.4 Å². The maximum Gasteiger partial charge on any atom is 0.231 e. The van der Waals surface area contributed by atoms with E-state index in [1.807, 2.05) is 24.4 Å². The number of aromatic nitrogens is 1. The number of anilines is 1. The van der Waals surface area contributed by atoms with Gasteiger partial charge in [0.05, 0.1) is 0 Å². The zero-order chi connectivity index (χ0) is 19.9. The van der Waals surface area contributed by atoms with Crippen molar-refractivity contribution in [3.8, 4) is 11.5 Å². The van der Waals surface area contributed by atoms with Crippen molar-refractivity contribution >= 4 is 11.8 Å². The van der Waals surface area contributed by atoms with Gasteiger partial charge in [-0.15, -0.1) is 0 Å². The summed E-state index contributed by atoms with van der Waals surface area (Å²) < 4.78 is 10.8. The van der Waals surface area contributed by atoms with E-state index in [4.69, 9.17) is 9.47 Å².